The molecule has 1 N–H and O–H groups in total. The Morgan fingerprint density at radius 1 is 1.00 bits per heavy atom. The van der Waals surface area contributed by atoms with E-state index >= 15 is 0 Å². The van der Waals surface area contributed by atoms with Gasteiger partial charge in [-0.3, -0.25) is 9.59 Å². The molecule has 9 nitrogen and oxygen atoms in total. The highest BCUT2D eigenvalue weighted by molar-refractivity contribution is 5.90. The van der Waals surface area contributed by atoms with E-state index in [1.807, 2.05) is 31.2 Å². The van der Waals surface area contributed by atoms with Crippen LogP contribution in [0.5, 0.6) is 11.5 Å². The van der Waals surface area contributed by atoms with E-state index in [4.69, 9.17) is 14.0 Å². The summed E-state index contributed by atoms with van der Waals surface area (Å²) in [5.41, 5.74) is 1.43. The zero-order chi connectivity index (χ0) is 22.9. The Morgan fingerprint density at radius 2 is 1.66 bits per heavy atom. The minimum Gasteiger partial charge on any atom is -0.494 e. The summed E-state index contributed by atoms with van der Waals surface area (Å²) in [6.45, 7) is 2.49. The van der Waals surface area contributed by atoms with Crippen molar-refractivity contribution in [3.63, 3.8) is 0 Å². The number of aryl methyl sites for hydroxylation is 1. The highest BCUT2D eigenvalue weighted by atomic mass is 16.5. The van der Waals surface area contributed by atoms with Crippen LogP contribution < -0.4 is 14.8 Å². The lowest BCUT2D eigenvalue weighted by Crippen LogP contribution is -2.27. The van der Waals surface area contributed by atoms with Crippen LogP contribution in [0.2, 0.25) is 0 Å². The van der Waals surface area contributed by atoms with Gasteiger partial charge < -0.3 is 24.2 Å². The number of ether oxygens (including phenoxy) is 2. The maximum absolute atomic E-state index is 12.2. The number of nitrogens with one attached hydrogen (secondary N) is 1. The Bertz CT molecular complexity index is 1030. The smallest absolute Gasteiger partial charge is 0.259 e. The Kier molecular flexibility index (Phi) is 7.80. The SMILES string of the molecule is CCOc1ccc(-c2noc(CCC(=O)Nc3ccc(OCC(=O)N(C)C)cc3)n2)cc1. The van der Waals surface area contributed by atoms with E-state index in [9.17, 15) is 9.59 Å². The van der Waals surface area contributed by atoms with Crippen molar-refractivity contribution < 1.29 is 23.6 Å². The molecule has 32 heavy (non-hydrogen) atoms. The molecule has 1 heterocycles. The van der Waals surface area contributed by atoms with Crippen LogP contribution in [0.15, 0.2) is 53.1 Å². The first-order valence-electron chi connectivity index (χ1n) is 10.2. The van der Waals surface area contributed by atoms with Crippen molar-refractivity contribution in [1.82, 2.24) is 15.0 Å². The van der Waals surface area contributed by atoms with Crippen molar-refractivity contribution in [2.75, 3.05) is 32.6 Å². The van der Waals surface area contributed by atoms with Crippen molar-refractivity contribution in [1.29, 1.82) is 0 Å². The van der Waals surface area contributed by atoms with E-state index < -0.39 is 0 Å². The Balaban J connectivity index is 1.46. The molecule has 0 aliphatic rings. The number of aromatic nitrogens is 2. The van der Waals surface area contributed by atoms with Gasteiger partial charge in [0.15, 0.2) is 6.61 Å². The van der Waals surface area contributed by atoms with Crippen molar-refractivity contribution >= 4 is 17.5 Å². The molecule has 0 unspecified atom stereocenters. The number of rotatable bonds is 10. The number of hydrogen-bond acceptors (Lipinski definition) is 7. The van der Waals surface area contributed by atoms with Gasteiger partial charge in [0.1, 0.15) is 11.5 Å². The monoisotopic (exact) mass is 438 g/mol. The van der Waals surface area contributed by atoms with Crippen LogP contribution in [0, 0.1) is 0 Å². The summed E-state index contributed by atoms with van der Waals surface area (Å²) >= 11 is 0. The molecule has 168 valence electrons. The summed E-state index contributed by atoms with van der Waals surface area (Å²) < 4.78 is 16.1. The van der Waals surface area contributed by atoms with Crippen LogP contribution >= 0.6 is 0 Å². The van der Waals surface area contributed by atoms with E-state index in [1.54, 1.807) is 38.4 Å². The topological polar surface area (TPSA) is 107 Å². The largest absolute Gasteiger partial charge is 0.494 e. The highest BCUT2D eigenvalue weighted by Crippen LogP contribution is 2.20. The molecule has 0 saturated heterocycles. The first-order valence-corrected chi connectivity index (χ1v) is 10.2. The van der Waals surface area contributed by atoms with Crippen molar-refractivity contribution in [3.05, 3.63) is 54.4 Å². The van der Waals surface area contributed by atoms with E-state index in [2.05, 4.69) is 15.5 Å². The number of anilines is 1. The van der Waals surface area contributed by atoms with Crippen LogP contribution in [0.3, 0.4) is 0 Å². The van der Waals surface area contributed by atoms with Crippen molar-refractivity contribution in [2.45, 2.75) is 19.8 Å². The Labute approximate surface area is 186 Å². The molecule has 2 amide bonds. The number of carbonyl (C=O) groups excluding carboxylic acids is 2. The number of carbonyl (C=O) groups is 2. The molecule has 1 aromatic heterocycles. The summed E-state index contributed by atoms with van der Waals surface area (Å²) in [6.07, 6.45) is 0.518. The number of benzene rings is 2. The summed E-state index contributed by atoms with van der Waals surface area (Å²) in [6, 6.07) is 14.2. The van der Waals surface area contributed by atoms with Gasteiger partial charge in [-0.25, -0.2) is 0 Å². The molecule has 0 atom stereocenters. The molecule has 0 aliphatic heterocycles. The van der Waals surface area contributed by atoms with Gasteiger partial charge in [0.25, 0.3) is 5.91 Å². The molecule has 3 rings (SSSR count). The normalized spacial score (nSPS) is 10.5. The third kappa shape index (κ3) is 6.56. The second kappa shape index (κ2) is 10.9. The first-order chi connectivity index (χ1) is 15.4. The minimum absolute atomic E-state index is 0.0401. The van der Waals surface area contributed by atoms with Gasteiger partial charge in [-0.05, 0) is 55.5 Å². The summed E-state index contributed by atoms with van der Waals surface area (Å²) in [4.78, 5) is 29.6. The van der Waals surface area contributed by atoms with E-state index in [1.165, 1.54) is 4.90 Å². The van der Waals surface area contributed by atoms with E-state index in [0.29, 0.717) is 36.2 Å². The molecular formula is C23H26N4O5. The second-order valence-electron chi connectivity index (χ2n) is 7.12. The zero-order valence-corrected chi connectivity index (χ0v) is 18.3. The summed E-state index contributed by atoms with van der Waals surface area (Å²) in [7, 11) is 3.33. The highest BCUT2D eigenvalue weighted by Gasteiger charge is 2.11. The lowest BCUT2D eigenvalue weighted by atomic mass is 10.2. The molecule has 3 aromatic rings. The molecule has 9 heteroatoms. The maximum atomic E-state index is 12.2. The van der Waals surface area contributed by atoms with E-state index in [-0.39, 0.29) is 24.8 Å². The quantitative estimate of drug-likeness (QED) is 0.518. The number of nitrogens with zero attached hydrogens (tertiary/aromatic N) is 3. The van der Waals surface area contributed by atoms with Gasteiger partial charge in [-0.1, -0.05) is 5.16 Å². The van der Waals surface area contributed by atoms with Gasteiger partial charge in [-0.2, -0.15) is 4.98 Å². The van der Waals surface area contributed by atoms with Crippen LogP contribution in [0.4, 0.5) is 5.69 Å². The predicted molar refractivity (Wildman–Crippen MR) is 118 cm³/mol. The van der Waals surface area contributed by atoms with Gasteiger partial charge in [0, 0.05) is 38.2 Å². The molecule has 0 aliphatic carbocycles. The summed E-state index contributed by atoms with van der Waals surface area (Å²) in [5.74, 6) is 1.87. The Morgan fingerprint density at radius 3 is 2.31 bits per heavy atom. The van der Waals surface area contributed by atoms with Crippen LogP contribution in [0.25, 0.3) is 11.4 Å². The van der Waals surface area contributed by atoms with Gasteiger partial charge in [0.2, 0.25) is 17.6 Å². The van der Waals surface area contributed by atoms with Gasteiger partial charge in [-0.15, -0.1) is 0 Å². The van der Waals surface area contributed by atoms with E-state index in [0.717, 1.165) is 11.3 Å². The molecule has 0 saturated carbocycles. The standard InChI is InChI=1S/C23H26N4O5/c1-4-30-18-9-5-16(6-10-18)23-25-21(32-26-23)14-13-20(28)24-17-7-11-19(12-8-17)31-15-22(29)27(2)3/h5-12H,4,13-15H2,1-3H3,(H,24,28). The average molecular weight is 438 g/mol. The third-order valence-electron chi connectivity index (χ3n) is 4.46. The fraction of sp³-hybridized carbons (Fsp3) is 0.304. The number of amides is 2. The van der Waals surface area contributed by atoms with Crippen LogP contribution in [-0.4, -0.2) is 54.2 Å². The molecule has 0 bridgehead atoms. The van der Waals surface area contributed by atoms with Crippen LogP contribution in [0.1, 0.15) is 19.2 Å². The number of likely N-dealkylation sites (N-methyl/N-ethyl adjacent to an activating group) is 1. The summed E-state index contributed by atoms with van der Waals surface area (Å²) in [5, 5.41) is 6.78. The molecule has 0 spiro atoms. The lowest BCUT2D eigenvalue weighted by molar-refractivity contribution is -0.130. The first kappa shape index (κ1) is 22.8. The predicted octanol–water partition coefficient (Wildman–Crippen LogP) is 3.17. The fourth-order valence-corrected chi connectivity index (χ4v) is 2.69. The van der Waals surface area contributed by atoms with Crippen molar-refractivity contribution in [2.24, 2.45) is 0 Å². The van der Waals surface area contributed by atoms with Gasteiger partial charge >= 0.3 is 0 Å². The zero-order valence-electron chi connectivity index (χ0n) is 18.3. The average Bonchev–Trinajstić information content (AvgIpc) is 3.27. The van der Waals surface area contributed by atoms with Gasteiger partial charge in [0.05, 0.1) is 6.61 Å². The Hall–Kier alpha value is -3.88. The third-order valence-corrected chi connectivity index (χ3v) is 4.46. The molecule has 2 aromatic carbocycles. The van der Waals surface area contributed by atoms with Crippen LogP contribution in [-0.2, 0) is 16.0 Å². The maximum Gasteiger partial charge on any atom is 0.259 e. The second-order valence-corrected chi connectivity index (χ2v) is 7.12. The number of hydrogen-bond donors (Lipinski definition) is 1. The fourth-order valence-electron chi connectivity index (χ4n) is 2.69. The molecule has 0 radical (unpaired) electrons. The molecular weight excluding hydrogens is 412 g/mol. The lowest BCUT2D eigenvalue weighted by Gasteiger charge is -2.11. The molecule has 0 fully saturated rings. The minimum atomic E-state index is -0.178. The van der Waals surface area contributed by atoms with Crippen molar-refractivity contribution in [3.8, 4) is 22.9 Å².